The second kappa shape index (κ2) is 8.91. The van der Waals surface area contributed by atoms with Gasteiger partial charge in [-0.05, 0) is 68.8 Å². The normalized spacial score (nSPS) is 12.1. The predicted molar refractivity (Wildman–Crippen MR) is 114 cm³/mol. The van der Waals surface area contributed by atoms with Gasteiger partial charge in [0.25, 0.3) is 15.9 Å². The Labute approximate surface area is 175 Å². The van der Waals surface area contributed by atoms with Gasteiger partial charge in [-0.25, -0.2) is 23.1 Å². The van der Waals surface area contributed by atoms with Crippen molar-refractivity contribution in [1.82, 2.24) is 9.97 Å². The molecule has 0 bridgehead atoms. The smallest absolute Gasteiger partial charge is 0.265 e. The molecule has 0 radical (unpaired) electrons. The summed E-state index contributed by atoms with van der Waals surface area (Å²) in [5.74, 6) is 0.247. The van der Waals surface area contributed by atoms with Crippen molar-refractivity contribution in [3.05, 3.63) is 72.1 Å². The molecule has 3 aromatic rings. The van der Waals surface area contributed by atoms with Gasteiger partial charge in [-0.3, -0.25) is 4.79 Å². The molecule has 156 valence electrons. The molecule has 0 aliphatic heterocycles. The summed E-state index contributed by atoms with van der Waals surface area (Å²) in [5, 5.41) is 2.71. The van der Waals surface area contributed by atoms with E-state index in [2.05, 4.69) is 20.0 Å². The number of hydrogen-bond donors (Lipinski definition) is 2. The van der Waals surface area contributed by atoms with Crippen LogP contribution in [-0.4, -0.2) is 30.4 Å². The van der Waals surface area contributed by atoms with Gasteiger partial charge in [0.15, 0.2) is 6.10 Å². The zero-order valence-corrected chi connectivity index (χ0v) is 17.6. The molecule has 1 aromatic heterocycles. The van der Waals surface area contributed by atoms with Crippen molar-refractivity contribution in [3.63, 3.8) is 0 Å². The lowest BCUT2D eigenvalue weighted by Gasteiger charge is -2.15. The molecule has 0 aliphatic carbocycles. The van der Waals surface area contributed by atoms with Gasteiger partial charge >= 0.3 is 0 Å². The van der Waals surface area contributed by atoms with Crippen molar-refractivity contribution in [3.8, 4) is 5.75 Å². The number of ether oxygens (including phenoxy) is 1. The van der Waals surface area contributed by atoms with Crippen LogP contribution in [0.5, 0.6) is 5.75 Å². The maximum Gasteiger partial charge on any atom is 0.265 e. The van der Waals surface area contributed by atoms with Gasteiger partial charge in [0.2, 0.25) is 5.95 Å². The van der Waals surface area contributed by atoms with Crippen molar-refractivity contribution in [2.24, 2.45) is 0 Å². The van der Waals surface area contributed by atoms with Crippen LogP contribution in [0.1, 0.15) is 18.2 Å². The zero-order valence-electron chi connectivity index (χ0n) is 16.8. The number of aromatic nitrogens is 2. The summed E-state index contributed by atoms with van der Waals surface area (Å²) in [6.07, 6.45) is 0.745. The van der Waals surface area contributed by atoms with E-state index < -0.39 is 16.1 Å². The van der Waals surface area contributed by atoms with E-state index >= 15 is 0 Å². The van der Waals surface area contributed by atoms with Crippen molar-refractivity contribution < 1.29 is 17.9 Å². The van der Waals surface area contributed by atoms with Crippen molar-refractivity contribution >= 4 is 27.6 Å². The van der Waals surface area contributed by atoms with E-state index in [9.17, 15) is 13.2 Å². The Morgan fingerprint density at radius 2 is 1.80 bits per heavy atom. The van der Waals surface area contributed by atoms with Crippen LogP contribution in [0.25, 0.3) is 0 Å². The highest BCUT2D eigenvalue weighted by Gasteiger charge is 2.18. The summed E-state index contributed by atoms with van der Waals surface area (Å²) in [5.41, 5.74) is 2.12. The number of anilines is 2. The largest absolute Gasteiger partial charge is 0.481 e. The van der Waals surface area contributed by atoms with Gasteiger partial charge in [0.1, 0.15) is 5.75 Å². The fraction of sp³-hybridized carbons (Fsp3) is 0.190. The summed E-state index contributed by atoms with van der Waals surface area (Å²) < 4.78 is 33.0. The van der Waals surface area contributed by atoms with Gasteiger partial charge in [-0.2, -0.15) is 0 Å². The first-order valence-electron chi connectivity index (χ1n) is 9.20. The lowest BCUT2D eigenvalue weighted by molar-refractivity contribution is -0.122. The molecule has 0 saturated heterocycles. The maximum atomic E-state index is 12.5. The number of nitrogens with one attached hydrogen (secondary N) is 2. The highest BCUT2D eigenvalue weighted by atomic mass is 32.2. The monoisotopic (exact) mass is 426 g/mol. The second-order valence-electron chi connectivity index (χ2n) is 6.72. The van der Waals surface area contributed by atoms with Crippen LogP contribution in [0.15, 0.2) is 65.7 Å². The average Bonchev–Trinajstić information content (AvgIpc) is 2.68. The second-order valence-corrected chi connectivity index (χ2v) is 8.40. The molecule has 1 unspecified atom stereocenters. The highest BCUT2D eigenvalue weighted by molar-refractivity contribution is 7.92. The quantitative estimate of drug-likeness (QED) is 0.600. The average molecular weight is 426 g/mol. The molecule has 1 atom stereocenters. The van der Waals surface area contributed by atoms with Gasteiger partial charge < -0.3 is 10.1 Å². The first-order chi connectivity index (χ1) is 14.2. The van der Waals surface area contributed by atoms with Gasteiger partial charge in [0.05, 0.1) is 4.90 Å². The molecule has 2 N–H and O–H groups in total. The third-order valence-corrected chi connectivity index (χ3v) is 5.47. The summed E-state index contributed by atoms with van der Waals surface area (Å²) >= 11 is 0. The minimum Gasteiger partial charge on any atom is -0.481 e. The van der Waals surface area contributed by atoms with Gasteiger partial charge in [0, 0.05) is 17.6 Å². The molecule has 8 nitrogen and oxygen atoms in total. The van der Waals surface area contributed by atoms with E-state index in [1.807, 2.05) is 25.1 Å². The van der Waals surface area contributed by atoms with Crippen molar-refractivity contribution in [1.29, 1.82) is 0 Å². The topological polar surface area (TPSA) is 110 Å². The molecular weight excluding hydrogens is 404 g/mol. The number of hydrogen-bond acceptors (Lipinski definition) is 6. The van der Waals surface area contributed by atoms with Crippen LogP contribution in [0.4, 0.5) is 11.6 Å². The number of amides is 1. The lowest BCUT2D eigenvalue weighted by Crippen LogP contribution is -2.30. The third-order valence-electron chi connectivity index (χ3n) is 4.12. The number of rotatable bonds is 7. The Morgan fingerprint density at radius 1 is 1.07 bits per heavy atom. The number of carbonyl (C=O) groups is 1. The van der Waals surface area contributed by atoms with Crippen LogP contribution in [-0.2, 0) is 14.8 Å². The lowest BCUT2D eigenvalue weighted by atomic mass is 10.2. The molecular formula is C21H22N4O4S. The van der Waals surface area contributed by atoms with E-state index in [4.69, 9.17) is 4.74 Å². The zero-order chi connectivity index (χ0) is 21.7. The number of carbonyl (C=O) groups excluding carboxylic acids is 1. The predicted octanol–water partition coefficient (Wildman–Crippen LogP) is 3.30. The minimum atomic E-state index is -3.85. The number of nitrogens with zero attached hydrogens (tertiary/aromatic N) is 2. The molecule has 0 saturated carbocycles. The van der Waals surface area contributed by atoms with E-state index in [1.165, 1.54) is 30.5 Å². The SMILES string of the molecule is Cc1cccc(OC(C)C(=O)Nc2ccc(S(=O)(=O)Nc3nccc(C)n3)cc2)c1. The molecule has 0 fully saturated rings. The van der Waals surface area contributed by atoms with Crippen LogP contribution in [0.2, 0.25) is 0 Å². The van der Waals surface area contributed by atoms with E-state index in [1.54, 1.807) is 26.0 Å². The third kappa shape index (κ3) is 5.54. The first kappa shape index (κ1) is 21.3. The molecule has 0 aliphatic rings. The van der Waals surface area contributed by atoms with E-state index in [0.29, 0.717) is 17.1 Å². The Bertz CT molecular complexity index is 1150. The van der Waals surface area contributed by atoms with Crippen LogP contribution in [0.3, 0.4) is 0 Å². The Hall–Kier alpha value is -3.46. The standard InChI is InChI=1S/C21H22N4O4S/c1-14-5-4-6-18(13-14)29-16(3)20(26)24-17-7-9-19(10-8-17)30(27,28)25-21-22-12-11-15(2)23-21/h4-13,16H,1-3H3,(H,24,26)(H,22,23,25). The molecule has 1 heterocycles. The fourth-order valence-electron chi connectivity index (χ4n) is 2.58. The van der Waals surface area contributed by atoms with Gasteiger partial charge in [-0.1, -0.05) is 12.1 Å². The summed E-state index contributed by atoms with van der Waals surface area (Å²) in [4.78, 5) is 20.3. The van der Waals surface area contributed by atoms with Crippen molar-refractivity contribution in [2.45, 2.75) is 31.8 Å². The molecule has 0 spiro atoms. The van der Waals surface area contributed by atoms with Crippen molar-refractivity contribution in [2.75, 3.05) is 10.0 Å². The Kier molecular flexibility index (Phi) is 6.31. The van der Waals surface area contributed by atoms with Crippen LogP contribution >= 0.6 is 0 Å². The molecule has 1 amide bonds. The molecule has 2 aromatic carbocycles. The summed E-state index contributed by atoms with van der Waals surface area (Å²) in [7, 11) is -3.85. The number of aryl methyl sites for hydroxylation is 2. The fourth-order valence-corrected chi connectivity index (χ4v) is 3.54. The van der Waals surface area contributed by atoms with Crippen LogP contribution < -0.4 is 14.8 Å². The first-order valence-corrected chi connectivity index (χ1v) is 10.7. The molecule has 9 heteroatoms. The van der Waals surface area contributed by atoms with Gasteiger partial charge in [-0.15, -0.1) is 0 Å². The maximum absolute atomic E-state index is 12.5. The molecule has 30 heavy (non-hydrogen) atoms. The summed E-state index contributed by atoms with van der Waals surface area (Å²) in [6, 6.07) is 14.9. The minimum absolute atomic E-state index is 0.00509. The van der Waals surface area contributed by atoms with E-state index in [0.717, 1.165) is 5.56 Å². The Balaban J connectivity index is 1.64. The number of sulfonamides is 1. The van der Waals surface area contributed by atoms with E-state index in [-0.39, 0.29) is 16.8 Å². The Morgan fingerprint density at radius 3 is 2.47 bits per heavy atom. The molecule has 3 rings (SSSR count). The highest BCUT2D eigenvalue weighted by Crippen LogP contribution is 2.18. The summed E-state index contributed by atoms with van der Waals surface area (Å²) in [6.45, 7) is 5.32. The number of benzene rings is 2. The van der Waals surface area contributed by atoms with Crippen LogP contribution in [0, 0.1) is 13.8 Å².